The Labute approximate surface area is 162 Å². The third-order valence-electron chi connectivity index (χ3n) is 4.62. The highest BCUT2D eigenvalue weighted by Gasteiger charge is 2.35. The van der Waals surface area contributed by atoms with Gasteiger partial charge in [-0.15, -0.1) is 0 Å². The number of halogens is 3. The minimum absolute atomic E-state index is 0.0360. The number of carbonyl (C=O) groups excluding carboxylic acids is 2. The number of rotatable bonds is 5. The van der Waals surface area contributed by atoms with Crippen molar-refractivity contribution in [3.05, 3.63) is 35.1 Å². The number of alkyl halides is 2. The third kappa shape index (κ3) is 5.23. The summed E-state index contributed by atoms with van der Waals surface area (Å²) in [6.45, 7) is 5.54. The van der Waals surface area contributed by atoms with Crippen molar-refractivity contribution in [1.82, 2.24) is 20.9 Å². The Morgan fingerprint density at radius 2 is 1.93 bits per heavy atom. The fourth-order valence-corrected chi connectivity index (χ4v) is 3.08. The molecule has 0 aliphatic carbocycles. The lowest BCUT2D eigenvalue weighted by atomic mass is 9.81. The van der Waals surface area contributed by atoms with E-state index < -0.39 is 47.5 Å². The van der Waals surface area contributed by atoms with E-state index in [1.807, 2.05) is 20.8 Å². The fourth-order valence-electron chi connectivity index (χ4n) is 3.08. The molecule has 1 aromatic rings. The maximum absolute atomic E-state index is 14.1. The molecule has 6 nitrogen and oxygen atoms in total. The van der Waals surface area contributed by atoms with E-state index in [1.54, 1.807) is 19.0 Å². The first-order chi connectivity index (χ1) is 12.9. The summed E-state index contributed by atoms with van der Waals surface area (Å²) < 4.78 is 39.7. The average Bonchev–Trinajstić information content (AvgIpc) is 2.57. The first kappa shape index (κ1) is 22.2. The molecule has 9 heteroatoms. The van der Waals surface area contributed by atoms with Crippen LogP contribution in [0.25, 0.3) is 0 Å². The van der Waals surface area contributed by atoms with Crippen LogP contribution in [0, 0.1) is 11.2 Å². The van der Waals surface area contributed by atoms with Crippen LogP contribution in [0.2, 0.25) is 0 Å². The molecule has 3 atom stereocenters. The molecule has 1 aliphatic heterocycles. The summed E-state index contributed by atoms with van der Waals surface area (Å²) in [5.74, 6) is -1.70. The SMILES string of the molecule is CN(C)C1NC(=O)CC(C(=O)N[C@@H](c2ccc(C(F)F)c(F)c2)C(C)(C)C)N1. The third-order valence-corrected chi connectivity index (χ3v) is 4.62. The first-order valence-electron chi connectivity index (χ1n) is 9.00. The van der Waals surface area contributed by atoms with Gasteiger partial charge in [-0.05, 0) is 31.1 Å². The summed E-state index contributed by atoms with van der Waals surface area (Å²) in [6.07, 6.45) is -3.44. The molecular weight excluding hydrogens is 373 g/mol. The van der Waals surface area contributed by atoms with E-state index >= 15 is 0 Å². The van der Waals surface area contributed by atoms with Gasteiger partial charge in [0.2, 0.25) is 11.8 Å². The van der Waals surface area contributed by atoms with Crippen LogP contribution in [0.4, 0.5) is 13.2 Å². The molecular formula is C19H27F3N4O2. The van der Waals surface area contributed by atoms with Crippen molar-refractivity contribution >= 4 is 11.8 Å². The van der Waals surface area contributed by atoms with Crippen molar-refractivity contribution in [2.75, 3.05) is 14.1 Å². The molecule has 2 unspecified atom stereocenters. The normalized spacial score (nSPS) is 21.6. The summed E-state index contributed by atoms with van der Waals surface area (Å²) in [4.78, 5) is 26.4. The van der Waals surface area contributed by atoms with Gasteiger partial charge in [-0.1, -0.05) is 32.9 Å². The van der Waals surface area contributed by atoms with Crippen molar-refractivity contribution in [2.24, 2.45) is 5.41 Å². The smallest absolute Gasteiger partial charge is 0.266 e. The highest BCUT2D eigenvalue weighted by Crippen LogP contribution is 2.34. The molecule has 2 amide bonds. The molecule has 3 N–H and O–H groups in total. The molecule has 1 saturated heterocycles. The maximum Gasteiger partial charge on any atom is 0.266 e. The van der Waals surface area contributed by atoms with Gasteiger partial charge in [0.05, 0.1) is 24.1 Å². The zero-order chi connectivity index (χ0) is 21.2. The van der Waals surface area contributed by atoms with Crippen LogP contribution >= 0.6 is 0 Å². The maximum atomic E-state index is 14.1. The van der Waals surface area contributed by atoms with Crippen LogP contribution in [-0.2, 0) is 9.59 Å². The van der Waals surface area contributed by atoms with Gasteiger partial charge in [-0.2, -0.15) is 0 Å². The largest absolute Gasteiger partial charge is 0.347 e. The monoisotopic (exact) mass is 400 g/mol. The average molecular weight is 400 g/mol. The zero-order valence-electron chi connectivity index (χ0n) is 16.6. The fraction of sp³-hybridized carbons (Fsp3) is 0.579. The number of nitrogens with one attached hydrogen (secondary N) is 3. The Morgan fingerprint density at radius 3 is 2.43 bits per heavy atom. The number of amides is 2. The van der Waals surface area contributed by atoms with Crippen molar-refractivity contribution in [2.45, 2.75) is 52.0 Å². The number of hydrogen-bond donors (Lipinski definition) is 3. The molecule has 1 aliphatic rings. The zero-order valence-corrected chi connectivity index (χ0v) is 16.6. The van der Waals surface area contributed by atoms with Gasteiger partial charge in [0.25, 0.3) is 6.43 Å². The van der Waals surface area contributed by atoms with E-state index in [-0.39, 0.29) is 12.3 Å². The Balaban J connectivity index is 2.24. The minimum Gasteiger partial charge on any atom is -0.347 e. The molecule has 28 heavy (non-hydrogen) atoms. The topological polar surface area (TPSA) is 73.5 Å². The minimum atomic E-state index is -2.91. The van der Waals surface area contributed by atoms with Crippen molar-refractivity contribution in [3.8, 4) is 0 Å². The number of benzene rings is 1. The molecule has 1 aromatic carbocycles. The second kappa shape index (κ2) is 8.48. The lowest BCUT2D eigenvalue weighted by molar-refractivity contribution is -0.134. The number of nitrogens with zero attached hydrogens (tertiary/aromatic N) is 1. The molecule has 0 bridgehead atoms. The van der Waals surface area contributed by atoms with Gasteiger partial charge in [-0.25, -0.2) is 13.2 Å². The van der Waals surface area contributed by atoms with Gasteiger partial charge < -0.3 is 10.6 Å². The van der Waals surface area contributed by atoms with Crippen LogP contribution < -0.4 is 16.0 Å². The molecule has 0 aromatic heterocycles. The van der Waals surface area contributed by atoms with E-state index in [4.69, 9.17) is 0 Å². The summed E-state index contributed by atoms with van der Waals surface area (Å²) in [6, 6.07) is 2.06. The summed E-state index contributed by atoms with van der Waals surface area (Å²) >= 11 is 0. The Hall–Kier alpha value is -2.13. The molecule has 0 radical (unpaired) electrons. The summed E-state index contributed by atoms with van der Waals surface area (Å²) in [5.41, 5.74) is -0.818. The molecule has 0 spiro atoms. The van der Waals surface area contributed by atoms with Crippen LogP contribution in [0.3, 0.4) is 0 Å². The second-order valence-corrected chi connectivity index (χ2v) is 8.25. The lowest BCUT2D eigenvalue weighted by Gasteiger charge is -2.37. The van der Waals surface area contributed by atoms with Crippen LogP contribution in [-0.4, -0.2) is 43.1 Å². The van der Waals surface area contributed by atoms with E-state index in [0.717, 1.165) is 12.1 Å². The van der Waals surface area contributed by atoms with Gasteiger partial charge in [0, 0.05) is 0 Å². The van der Waals surface area contributed by atoms with Crippen molar-refractivity contribution in [3.63, 3.8) is 0 Å². The predicted molar refractivity (Wildman–Crippen MR) is 98.9 cm³/mol. The van der Waals surface area contributed by atoms with Gasteiger partial charge in [0.15, 0.2) is 0 Å². The summed E-state index contributed by atoms with van der Waals surface area (Å²) in [5, 5.41) is 8.60. The molecule has 156 valence electrons. The standard InChI is InChI=1S/C19H27F3N4O2/c1-19(2,3)15(10-6-7-11(16(21)22)12(20)8-10)25-17(28)13-9-14(27)24-18(23-13)26(4)5/h6-8,13,15-16,18,23H,9H2,1-5H3,(H,24,27)(H,25,28)/t13?,15-,18?/m0/s1. The van der Waals surface area contributed by atoms with Crippen LogP contribution in [0.5, 0.6) is 0 Å². The highest BCUT2D eigenvalue weighted by atomic mass is 19.3. The Kier molecular flexibility index (Phi) is 6.71. The van der Waals surface area contributed by atoms with Crippen molar-refractivity contribution < 1.29 is 22.8 Å². The quantitative estimate of drug-likeness (QED) is 0.709. The van der Waals surface area contributed by atoms with Gasteiger partial charge in [-0.3, -0.25) is 19.8 Å². The molecule has 1 fully saturated rings. The van der Waals surface area contributed by atoms with E-state index in [1.165, 1.54) is 6.07 Å². The highest BCUT2D eigenvalue weighted by molar-refractivity contribution is 5.89. The predicted octanol–water partition coefficient (Wildman–Crippen LogP) is 2.29. The first-order valence-corrected chi connectivity index (χ1v) is 9.00. The number of hydrogen-bond acceptors (Lipinski definition) is 4. The summed E-state index contributed by atoms with van der Waals surface area (Å²) in [7, 11) is 3.51. The van der Waals surface area contributed by atoms with Crippen LogP contribution in [0.1, 0.15) is 50.8 Å². The van der Waals surface area contributed by atoms with E-state index in [2.05, 4.69) is 16.0 Å². The lowest BCUT2D eigenvalue weighted by Crippen LogP contribution is -2.65. The van der Waals surface area contributed by atoms with Gasteiger partial charge in [0.1, 0.15) is 12.1 Å². The molecule has 2 rings (SSSR count). The Morgan fingerprint density at radius 1 is 1.29 bits per heavy atom. The molecule has 0 saturated carbocycles. The van der Waals surface area contributed by atoms with E-state index in [0.29, 0.717) is 5.56 Å². The Bertz CT molecular complexity index is 734. The van der Waals surface area contributed by atoms with Gasteiger partial charge >= 0.3 is 0 Å². The van der Waals surface area contributed by atoms with E-state index in [9.17, 15) is 22.8 Å². The molecule has 1 heterocycles. The second-order valence-electron chi connectivity index (χ2n) is 8.25. The number of carbonyl (C=O) groups is 2. The van der Waals surface area contributed by atoms with Crippen LogP contribution in [0.15, 0.2) is 18.2 Å². The van der Waals surface area contributed by atoms with Crippen molar-refractivity contribution in [1.29, 1.82) is 0 Å².